The summed E-state index contributed by atoms with van der Waals surface area (Å²) in [5, 5.41) is 21.6. The second kappa shape index (κ2) is 7.69. The van der Waals surface area contributed by atoms with Gasteiger partial charge in [-0.25, -0.2) is 0 Å². The molecule has 2 N–H and O–H groups in total. The molecule has 6 heteroatoms. The number of hydrogen-bond acceptors (Lipinski definition) is 4. The number of rotatable bonds is 6. The maximum atomic E-state index is 13.2. The molecule has 0 aromatic carbocycles. The fourth-order valence-electron chi connectivity index (χ4n) is 7.51. The van der Waals surface area contributed by atoms with Gasteiger partial charge in [-0.2, -0.15) is 0 Å². The molecule has 6 atom stereocenters. The lowest BCUT2D eigenvalue weighted by molar-refractivity contribution is -0.193. The third-order valence-electron chi connectivity index (χ3n) is 8.84. The van der Waals surface area contributed by atoms with Crippen molar-refractivity contribution in [2.24, 2.45) is 22.7 Å². The van der Waals surface area contributed by atoms with Crippen LogP contribution in [0.2, 0.25) is 0 Å². The summed E-state index contributed by atoms with van der Waals surface area (Å²) < 4.78 is 0. The first-order chi connectivity index (χ1) is 13.9. The van der Waals surface area contributed by atoms with E-state index in [9.17, 15) is 19.8 Å². The molecular formula is C23H36N2O4. The monoisotopic (exact) mass is 404 g/mol. The van der Waals surface area contributed by atoms with Gasteiger partial charge in [-0.15, -0.1) is 0 Å². The molecule has 6 unspecified atom stereocenters. The molecule has 0 aromatic rings. The number of carbonyl (C=O) groups is 2. The van der Waals surface area contributed by atoms with Crippen LogP contribution >= 0.6 is 0 Å². The summed E-state index contributed by atoms with van der Waals surface area (Å²) in [7, 11) is 0. The van der Waals surface area contributed by atoms with Crippen LogP contribution in [0.4, 0.5) is 0 Å². The Morgan fingerprint density at radius 2 is 1.10 bits per heavy atom. The summed E-state index contributed by atoms with van der Waals surface area (Å²) in [6.45, 7) is 7.45. The molecule has 2 heterocycles. The summed E-state index contributed by atoms with van der Waals surface area (Å²) in [5.74, 6) is -2.27. The van der Waals surface area contributed by atoms with Crippen molar-refractivity contribution in [3.63, 3.8) is 0 Å². The predicted molar refractivity (Wildman–Crippen MR) is 111 cm³/mol. The highest BCUT2D eigenvalue weighted by molar-refractivity contribution is 5.91. The normalized spacial score (nSPS) is 40.1. The average Bonchev–Trinajstić information content (AvgIpc) is 3.33. The lowest BCUT2D eigenvalue weighted by Crippen LogP contribution is -2.70. The third-order valence-corrected chi connectivity index (χ3v) is 8.84. The van der Waals surface area contributed by atoms with Gasteiger partial charge in [0.2, 0.25) is 0 Å². The van der Waals surface area contributed by atoms with E-state index in [4.69, 9.17) is 0 Å². The third kappa shape index (κ3) is 2.74. The second-order valence-electron chi connectivity index (χ2n) is 9.73. The van der Waals surface area contributed by atoms with Crippen LogP contribution in [0, 0.1) is 22.7 Å². The van der Waals surface area contributed by atoms with E-state index in [-0.39, 0.29) is 23.9 Å². The van der Waals surface area contributed by atoms with Gasteiger partial charge < -0.3 is 10.2 Å². The molecular weight excluding hydrogens is 368 g/mol. The van der Waals surface area contributed by atoms with Crippen LogP contribution in [-0.4, -0.2) is 70.2 Å². The minimum atomic E-state index is -1.30. The Morgan fingerprint density at radius 3 is 1.41 bits per heavy atom. The smallest absolute Gasteiger partial charge is 0.313 e. The SMILES string of the molecule is CC(N1CCCCC1)C1(C(=O)O)C2C=CC(C2)C1(C(=O)O)C(C)N1CCCCC1. The highest BCUT2D eigenvalue weighted by Crippen LogP contribution is 2.68. The first-order valence-electron chi connectivity index (χ1n) is 11.5. The number of piperidine rings is 2. The van der Waals surface area contributed by atoms with Gasteiger partial charge in [-0.1, -0.05) is 25.0 Å². The van der Waals surface area contributed by atoms with Crippen LogP contribution in [0.25, 0.3) is 0 Å². The van der Waals surface area contributed by atoms with E-state index in [1.165, 1.54) is 12.8 Å². The minimum absolute atomic E-state index is 0.217. The molecule has 0 radical (unpaired) electrons. The van der Waals surface area contributed by atoms with Crippen LogP contribution in [0.5, 0.6) is 0 Å². The van der Waals surface area contributed by atoms with Crippen molar-refractivity contribution in [3.05, 3.63) is 12.2 Å². The van der Waals surface area contributed by atoms with Gasteiger partial charge in [-0.3, -0.25) is 19.4 Å². The van der Waals surface area contributed by atoms with Gasteiger partial charge in [0.05, 0.1) is 0 Å². The van der Waals surface area contributed by atoms with Crippen molar-refractivity contribution in [2.45, 2.75) is 70.9 Å². The first kappa shape index (κ1) is 20.9. The Labute approximate surface area is 173 Å². The number of hydrogen-bond donors (Lipinski definition) is 2. The summed E-state index contributed by atoms with van der Waals surface area (Å²) >= 11 is 0. The summed E-state index contributed by atoms with van der Waals surface area (Å²) in [6.07, 6.45) is 11.3. The van der Waals surface area contributed by atoms with E-state index in [1.54, 1.807) is 0 Å². The van der Waals surface area contributed by atoms with Crippen LogP contribution in [0.1, 0.15) is 58.8 Å². The molecule has 29 heavy (non-hydrogen) atoms. The number of nitrogens with zero attached hydrogens (tertiary/aromatic N) is 2. The molecule has 0 amide bonds. The van der Waals surface area contributed by atoms with Crippen molar-refractivity contribution < 1.29 is 19.8 Å². The van der Waals surface area contributed by atoms with E-state index in [0.29, 0.717) is 6.42 Å². The molecule has 2 aliphatic carbocycles. The number of likely N-dealkylation sites (tertiary alicyclic amines) is 2. The maximum absolute atomic E-state index is 13.2. The molecule has 0 aromatic heterocycles. The molecule has 4 rings (SSSR count). The minimum Gasteiger partial charge on any atom is -0.481 e. The lowest BCUT2D eigenvalue weighted by Gasteiger charge is -2.56. The zero-order chi connectivity index (χ0) is 20.8. The Bertz CT molecular complexity index is 626. The topological polar surface area (TPSA) is 81.1 Å². The molecule has 4 aliphatic rings. The largest absolute Gasteiger partial charge is 0.481 e. The van der Waals surface area contributed by atoms with E-state index in [0.717, 1.165) is 51.9 Å². The molecule has 1 saturated carbocycles. The van der Waals surface area contributed by atoms with Crippen molar-refractivity contribution in [2.75, 3.05) is 26.2 Å². The van der Waals surface area contributed by atoms with E-state index in [1.807, 2.05) is 26.0 Å². The fourth-order valence-corrected chi connectivity index (χ4v) is 7.51. The molecule has 162 valence electrons. The summed E-state index contributed by atoms with van der Waals surface area (Å²) in [4.78, 5) is 30.9. The zero-order valence-corrected chi connectivity index (χ0v) is 17.8. The van der Waals surface area contributed by atoms with Crippen molar-refractivity contribution >= 4 is 11.9 Å². The Balaban J connectivity index is 1.85. The quantitative estimate of drug-likeness (QED) is 0.662. The number of aliphatic carboxylic acids is 2. The summed E-state index contributed by atoms with van der Waals surface area (Å²) in [6, 6.07) is -0.604. The van der Waals surface area contributed by atoms with Crippen LogP contribution in [-0.2, 0) is 9.59 Å². The van der Waals surface area contributed by atoms with Gasteiger partial charge in [0, 0.05) is 12.1 Å². The molecule has 2 aliphatic heterocycles. The Morgan fingerprint density at radius 1 is 0.759 bits per heavy atom. The lowest BCUT2D eigenvalue weighted by atomic mass is 9.51. The second-order valence-corrected chi connectivity index (χ2v) is 9.73. The van der Waals surface area contributed by atoms with Crippen LogP contribution < -0.4 is 0 Å². The van der Waals surface area contributed by atoms with Crippen molar-refractivity contribution in [1.29, 1.82) is 0 Å². The number of allylic oxidation sites excluding steroid dienone is 2. The van der Waals surface area contributed by atoms with Gasteiger partial charge in [0.15, 0.2) is 0 Å². The highest BCUT2D eigenvalue weighted by Gasteiger charge is 2.78. The van der Waals surface area contributed by atoms with Crippen molar-refractivity contribution in [3.8, 4) is 0 Å². The van der Waals surface area contributed by atoms with Crippen molar-refractivity contribution in [1.82, 2.24) is 9.80 Å². The maximum Gasteiger partial charge on any atom is 0.313 e. The van der Waals surface area contributed by atoms with E-state index < -0.39 is 22.8 Å². The molecule has 2 saturated heterocycles. The van der Waals surface area contributed by atoms with Crippen LogP contribution in [0.3, 0.4) is 0 Å². The standard InChI is InChI=1S/C23H36N2O4/c1-16(24-11-5-3-6-12-24)22(20(26)27)18-9-10-19(15-18)23(22,21(28)29)17(2)25-13-7-4-8-14-25/h9-10,16-19H,3-8,11-15H2,1-2H3,(H,26,27)(H,28,29). The predicted octanol–water partition coefficient (Wildman–Crippen LogP) is 3.08. The van der Waals surface area contributed by atoms with Gasteiger partial charge in [0.25, 0.3) is 0 Å². The number of carboxylic acids is 2. The number of fused-ring (bicyclic) bond motifs is 2. The average molecular weight is 405 g/mol. The fraction of sp³-hybridized carbons (Fsp3) is 0.826. The molecule has 6 nitrogen and oxygen atoms in total. The van der Waals surface area contributed by atoms with E-state index in [2.05, 4.69) is 9.80 Å². The molecule has 2 bridgehead atoms. The highest BCUT2D eigenvalue weighted by atomic mass is 16.4. The molecule has 0 spiro atoms. The van der Waals surface area contributed by atoms with E-state index >= 15 is 0 Å². The Hall–Kier alpha value is -1.40. The Kier molecular flexibility index (Phi) is 5.53. The van der Waals surface area contributed by atoms with Gasteiger partial charge >= 0.3 is 11.9 Å². The first-order valence-corrected chi connectivity index (χ1v) is 11.5. The van der Waals surface area contributed by atoms with Gasteiger partial charge in [-0.05, 0) is 84.0 Å². The van der Waals surface area contributed by atoms with Crippen LogP contribution in [0.15, 0.2) is 12.2 Å². The summed E-state index contributed by atoms with van der Waals surface area (Å²) in [5.41, 5.74) is -2.60. The number of carboxylic acid groups (broad SMARTS) is 2. The zero-order valence-electron chi connectivity index (χ0n) is 17.8. The van der Waals surface area contributed by atoms with Gasteiger partial charge in [0.1, 0.15) is 10.8 Å². The molecule has 3 fully saturated rings.